The monoisotopic (exact) mass is 483 g/mol. The van der Waals surface area contributed by atoms with Gasteiger partial charge in [-0.15, -0.1) is 0 Å². The molecule has 0 bridgehead atoms. The molecule has 12 heteroatoms. The fourth-order valence-corrected chi connectivity index (χ4v) is 4.62. The average molecular weight is 484 g/mol. The van der Waals surface area contributed by atoms with Crippen LogP contribution in [0.1, 0.15) is 31.4 Å². The molecule has 1 unspecified atom stereocenters. The van der Waals surface area contributed by atoms with Gasteiger partial charge in [-0.05, 0) is 37.1 Å². The van der Waals surface area contributed by atoms with E-state index in [1.54, 1.807) is 19.1 Å². The highest BCUT2D eigenvalue weighted by Gasteiger charge is 2.20. The lowest BCUT2D eigenvalue weighted by Gasteiger charge is -2.22. The minimum absolute atomic E-state index is 0.0230. The highest BCUT2D eigenvalue weighted by molar-refractivity contribution is 7.92. The highest BCUT2D eigenvalue weighted by atomic mass is 32.2. The van der Waals surface area contributed by atoms with Crippen molar-refractivity contribution in [1.29, 1.82) is 0 Å². The van der Waals surface area contributed by atoms with E-state index in [4.69, 9.17) is 0 Å². The van der Waals surface area contributed by atoms with Gasteiger partial charge in [0.15, 0.2) is 9.84 Å². The van der Waals surface area contributed by atoms with E-state index in [1.165, 1.54) is 36.4 Å². The third kappa shape index (κ3) is 7.02. The zero-order chi connectivity index (χ0) is 24.1. The average Bonchev–Trinajstić information content (AvgIpc) is 2.69. The summed E-state index contributed by atoms with van der Waals surface area (Å²) in [6.45, 7) is 1.73. The molecule has 0 spiro atoms. The number of nitrogens with one attached hydrogen (secondary N) is 1. The number of nitrogens with zero attached hydrogens (tertiary/aromatic N) is 2. The van der Waals surface area contributed by atoms with Gasteiger partial charge < -0.3 is 5.32 Å². The third-order valence-corrected chi connectivity index (χ3v) is 7.00. The van der Waals surface area contributed by atoms with Crippen LogP contribution in [0.4, 0.5) is 11.4 Å². The van der Waals surface area contributed by atoms with Gasteiger partial charge in [0.2, 0.25) is 15.9 Å². The van der Waals surface area contributed by atoms with Crippen molar-refractivity contribution in [3.05, 3.63) is 64.2 Å². The number of sulfonamides is 1. The van der Waals surface area contributed by atoms with Crippen LogP contribution in [0.15, 0.2) is 53.4 Å². The van der Waals surface area contributed by atoms with Crippen molar-refractivity contribution in [3.8, 4) is 0 Å². The van der Waals surface area contributed by atoms with Crippen molar-refractivity contribution in [2.24, 2.45) is 0 Å². The first-order chi connectivity index (χ1) is 14.8. The summed E-state index contributed by atoms with van der Waals surface area (Å²) in [5.41, 5.74) is 0.645. The van der Waals surface area contributed by atoms with Crippen LogP contribution >= 0.6 is 0 Å². The van der Waals surface area contributed by atoms with Crippen LogP contribution in [-0.4, -0.2) is 46.7 Å². The first-order valence-electron chi connectivity index (χ1n) is 9.60. The maximum absolute atomic E-state index is 12.3. The quantitative estimate of drug-likeness (QED) is 0.404. The molecule has 0 saturated heterocycles. The molecule has 1 amide bonds. The Bertz CT molecular complexity index is 1190. The summed E-state index contributed by atoms with van der Waals surface area (Å²) >= 11 is 0. The number of carbonyl (C=O) groups excluding carboxylic acids is 1. The Labute approximate surface area is 187 Å². The predicted molar refractivity (Wildman–Crippen MR) is 121 cm³/mol. The van der Waals surface area contributed by atoms with Crippen molar-refractivity contribution in [2.75, 3.05) is 23.4 Å². The molecule has 0 aliphatic heterocycles. The van der Waals surface area contributed by atoms with E-state index >= 15 is 0 Å². The van der Waals surface area contributed by atoms with Crippen LogP contribution < -0.4 is 9.62 Å². The van der Waals surface area contributed by atoms with Crippen molar-refractivity contribution in [1.82, 2.24) is 5.32 Å². The number of benzene rings is 2. The molecule has 2 aromatic carbocycles. The van der Waals surface area contributed by atoms with Gasteiger partial charge in [0.25, 0.3) is 5.69 Å². The van der Waals surface area contributed by atoms with Crippen LogP contribution in [0.5, 0.6) is 0 Å². The normalized spacial score (nSPS) is 12.7. The summed E-state index contributed by atoms with van der Waals surface area (Å²) < 4.78 is 48.4. The van der Waals surface area contributed by atoms with Crippen molar-refractivity contribution < 1.29 is 26.6 Å². The first kappa shape index (κ1) is 25.3. The molecule has 0 heterocycles. The number of rotatable bonds is 10. The van der Waals surface area contributed by atoms with E-state index < -0.39 is 24.8 Å². The lowest BCUT2D eigenvalue weighted by Crippen LogP contribution is -2.32. The lowest BCUT2D eigenvalue weighted by molar-refractivity contribution is -0.384. The van der Waals surface area contributed by atoms with Crippen molar-refractivity contribution in [2.45, 2.75) is 30.7 Å². The molecule has 1 N–H and O–H groups in total. The fourth-order valence-electron chi connectivity index (χ4n) is 3.03. The zero-order valence-electron chi connectivity index (χ0n) is 17.9. The van der Waals surface area contributed by atoms with E-state index in [1.807, 2.05) is 0 Å². The Kier molecular flexibility index (Phi) is 7.97. The van der Waals surface area contributed by atoms with Crippen LogP contribution in [0.25, 0.3) is 0 Å². The highest BCUT2D eigenvalue weighted by Crippen LogP contribution is 2.23. The van der Waals surface area contributed by atoms with Gasteiger partial charge in [-0.1, -0.05) is 18.2 Å². The van der Waals surface area contributed by atoms with E-state index in [0.29, 0.717) is 0 Å². The number of carbonyl (C=O) groups is 1. The van der Waals surface area contributed by atoms with Gasteiger partial charge in [-0.3, -0.25) is 19.2 Å². The molecular formula is C20H25N3O7S2. The minimum Gasteiger partial charge on any atom is -0.350 e. The first-order valence-corrected chi connectivity index (χ1v) is 13.3. The molecule has 0 aromatic heterocycles. The Hall–Kier alpha value is -2.99. The largest absolute Gasteiger partial charge is 0.350 e. The smallest absolute Gasteiger partial charge is 0.271 e. The van der Waals surface area contributed by atoms with Gasteiger partial charge >= 0.3 is 0 Å². The van der Waals surface area contributed by atoms with E-state index in [-0.39, 0.29) is 47.6 Å². The maximum Gasteiger partial charge on any atom is 0.271 e. The summed E-state index contributed by atoms with van der Waals surface area (Å²) in [7, 11) is -7.02. The lowest BCUT2D eigenvalue weighted by atomic mass is 10.1. The number of sulfone groups is 1. The Balaban J connectivity index is 1.99. The van der Waals surface area contributed by atoms with Gasteiger partial charge in [-0.25, -0.2) is 16.8 Å². The molecule has 0 radical (unpaired) electrons. The van der Waals surface area contributed by atoms with Crippen molar-refractivity contribution >= 4 is 37.1 Å². The summed E-state index contributed by atoms with van der Waals surface area (Å²) in [5, 5.41) is 13.8. The van der Waals surface area contributed by atoms with E-state index in [2.05, 4.69) is 5.32 Å². The molecule has 0 aliphatic carbocycles. The van der Waals surface area contributed by atoms with Crippen LogP contribution in [0.2, 0.25) is 0 Å². The fraction of sp³-hybridized carbons (Fsp3) is 0.350. The second-order valence-electron chi connectivity index (χ2n) is 7.35. The molecule has 2 aromatic rings. The SMILES string of the molecule is CC(NC(=O)CCCN(c1cccc([N+](=O)[O-])c1)S(C)(=O)=O)c1ccc(S(C)(=O)=O)cc1. The molecule has 0 fully saturated rings. The number of hydrogen-bond donors (Lipinski definition) is 1. The molecule has 174 valence electrons. The van der Waals surface area contributed by atoms with Gasteiger partial charge in [0, 0.05) is 31.4 Å². The summed E-state index contributed by atoms with van der Waals surface area (Å²) in [6.07, 6.45) is 2.34. The number of amides is 1. The van der Waals surface area contributed by atoms with Gasteiger partial charge in [-0.2, -0.15) is 0 Å². The van der Waals surface area contributed by atoms with Gasteiger partial charge in [0.05, 0.1) is 27.8 Å². The van der Waals surface area contributed by atoms with Crippen LogP contribution in [0.3, 0.4) is 0 Å². The molecule has 32 heavy (non-hydrogen) atoms. The summed E-state index contributed by atoms with van der Waals surface area (Å²) in [6, 6.07) is 11.1. The Morgan fingerprint density at radius 2 is 1.72 bits per heavy atom. The topological polar surface area (TPSA) is 144 Å². The number of nitro groups is 1. The number of nitro benzene ring substituents is 1. The molecule has 10 nitrogen and oxygen atoms in total. The molecular weight excluding hydrogens is 458 g/mol. The second-order valence-corrected chi connectivity index (χ2v) is 11.3. The number of non-ortho nitro benzene ring substituents is 1. The molecule has 2 rings (SSSR count). The van der Waals surface area contributed by atoms with Gasteiger partial charge in [0.1, 0.15) is 0 Å². The standard InChI is InChI=1S/C20H25N3O7S2/c1-15(16-9-11-19(12-10-16)31(2,27)28)21-20(24)8-5-13-22(32(3,29)30)17-6-4-7-18(14-17)23(25)26/h4,6-7,9-12,14-15H,5,8,13H2,1-3H3,(H,21,24). The Morgan fingerprint density at radius 3 is 2.25 bits per heavy atom. The number of hydrogen-bond acceptors (Lipinski definition) is 7. The van der Waals surface area contributed by atoms with E-state index in [0.717, 1.165) is 22.4 Å². The molecule has 0 saturated carbocycles. The predicted octanol–water partition coefficient (Wildman–Crippen LogP) is 2.42. The van der Waals surface area contributed by atoms with Crippen molar-refractivity contribution in [3.63, 3.8) is 0 Å². The van der Waals surface area contributed by atoms with Crippen LogP contribution in [0, 0.1) is 10.1 Å². The summed E-state index contributed by atoms with van der Waals surface area (Å²) in [5.74, 6) is -0.308. The molecule has 0 aliphatic rings. The summed E-state index contributed by atoms with van der Waals surface area (Å²) in [4.78, 5) is 22.8. The van der Waals surface area contributed by atoms with Crippen LogP contribution in [-0.2, 0) is 24.7 Å². The third-order valence-electron chi connectivity index (χ3n) is 4.68. The Morgan fingerprint density at radius 1 is 1.09 bits per heavy atom. The second kappa shape index (κ2) is 10.1. The zero-order valence-corrected chi connectivity index (χ0v) is 19.5. The number of anilines is 1. The maximum atomic E-state index is 12.3. The molecule has 1 atom stereocenters. The minimum atomic E-state index is -3.71. The van der Waals surface area contributed by atoms with E-state index in [9.17, 15) is 31.7 Å².